The molecule has 1 saturated heterocycles. The number of aryl methyl sites for hydroxylation is 2. The maximum Gasteiger partial charge on any atom is 0.268 e. The van der Waals surface area contributed by atoms with E-state index < -0.39 is 0 Å². The number of hydrogen-bond acceptors (Lipinski definition) is 8. The highest BCUT2D eigenvalue weighted by Crippen LogP contribution is 2.34. The fourth-order valence-corrected chi connectivity index (χ4v) is 4.48. The van der Waals surface area contributed by atoms with Crippen molar-refractivity contribution in [3.63, 3.8) is 0 Å². The number of carbonyl (C=O) groups is 2. The summed E-state index contributed by atoms with van der Waals surface area (Å²) in [6.07, 6.45) is 2.85. The van der Waals surface area contributed by atoms with Crippen molar-refractivity contribution in [2.24, 2.45) is 0 Å². The zero-order valence-electron chi connectivity index (χ0n) is 14.0. The number of amides is 2. The monoisotopic (exact) mass is 378 g/mol. The molecule has 25 heavy (non-hydrogen) atoms. The van der Waals surface area contributed by atoms with E-state index in [0.29, 0.717) is 34.2 Å². The van der Waals surface area contributed by atoms with E-state index in [4.69, 9.17) is 0 Å². The number of carbonyl (C=O) groups excluding carboxylic acids is 2. The first-order chi connectivity index (χ1) is 12.1. The van der Waals surface area contributed by atoms with Gasteiger partial charge in [0, 0.05) is 19.1 Å². The van der Waals surface area contributed by atoms with E-state index >= 15 is 0 Å². The lowest BCUT2D eigenvalue weighted by Gasteiger charge is -2.28. The molecule has 2 aromatic heterocycles. The molecule has 0 aromatic carbocycles. The van der Waals surface area contributed by atoms with Crippen LogP contribution >= 0.6 is 23.1 Å². The van der Waals surface area contributed by atoms with Crippen LogP contribution in [0.15, 0.2) is 0 Å². The number of likely N-dealkylation sites (tertiary alicyclic amines) is 1. The first-order valence-electron chi connectivity index (χ1n) is 8.26. The normalized spacial score (nSPS) is 20.1. The van der Waals surface area contributed by atoms with Crippen LogP contribution in [0.5, 0.6) is 0 Å². The average Bonchev–Trinajstić information content (AvgIpc) is 2.99. The first-order valence-corrected chi connectivity index (χ1v) is 9.80. The van der Waals surface area contributed by atoms with Crippen LogP contribution in [0.4, 0.5) is 0 Å². The molecule has 10 heteroatoms. The Morgan fingerprint density at radius 3 is 2.20 bits per heavy atom. The summed E-state index contributed by atoms with van der Waals surface area (Å²) < 4.78 is 7.73. The van der Waals surface area contributed by atoms with Crippen molar-refractivity contribution in [3.8, 4) is 0 Å². The molecular weight excluding hydrogens is 360 g/mol. The van der Waals surface area contributed by atoms with Gasteiger partial charge in [-0.15, -0.1) is 10.2 Å². The zero-order valence-corrected chi connectivity index (χ0v) is 15.6. The van der Waals surface area contributed by atoms with Gasteiger partial charge < -0.3 is 9.80 Å². The molecule has 2 aliphatic rings. The number of hydrogen-bond donors (Lipinski definition) is 0. The lowest BCUT2D eigenvalue weighted by molar-refractivity contribution is 0.0645. The van der Waals surface area contributed by atoms with E-state index in [1.165, 1.54) is 0 Å². The molecule has 132 valence electrons. The topological polar surface area (TPSA) is 92.2 Å². The second kappa shape index (κ2) is 6.41. The van der Waals surface area contributed by atoms with Crippen molar-refractivity contribution >= 4 is 34.9 Å². The molecule has 1 aliphatic carbocycles. The lowest BCUT2D eigenvalue weighted by Crippen LogP contribution is -2.44. The quantitative estimate of drug-likeness (QED) is 0.801. The third-order valence-corrected chi connectivity index (χ3v) is 6.34. The predicted molar refractivity (Wildman–Crippen MR) is 92.8 cm³/mol. The standard InChI is InChI=1S/C15H18N6O2S2/c1-8-12(24-18-16-8)14(22)20-6-5-11(7-20)21(10-3-4-10)15(23)13-9(2)17-19-25-13/h10-11H,3-7H2,1-2H3. The Hall–Kier alpha value is -1.94. The van der Waals surface area contributed by atoms with Crippen LogP contribution in [0.25, 0.3) is 0 Å². The van der Waals surface area contributed by atoms with E-state index in [9.17, 15) is 9.59 Å². The van der Waals surface area contributed by atoms with Gasteiger partial charge in [0.2, 0.25) is 0 Å². The highest BCUT2D eigenvalue weighted by molar-refractivity contribution is 7.08. The van der Waals surface area contributed by atoms with Crippen LogP contribution < -0.4 is 0 Å². The highest BCUT2D eigenvalue weighted by Gasteiger charge is 2.42. The number of aromatic nitrogens is 4. The Labute approximate surface area is 153 Å². The summed E-state index contributed by atoms with van der Waals surface area (Å²) in [5.41, 5.74) is 1.35. The highest BCUT2D eigenvalue weighted by atomic mass is 32.1. The second-order valence-corrected chi connectivity index (χ2v) is 8.02. The summed E-state index contributed by atoms with van der Waals surface area (Å²) >= 11 is 2.28. The molecule has 2 aromatic rings. The van der Waals surface area contributed by atoms with Crippen molar-refractivity contribution in [1.29, 1.82) is 0 Å². The minimum absolute atomic E-state index is 0.00457. The van der Waals surface area contributed by atoms with Crippen LogP contribution in [0, 0.1) is 13.8 Å². The summed E-state index contributed by atoms with van der Waals surface area (Å²) in [5, 5.41) is 7.87. The lowest BCUT2D eigenvalue weighted by atomic mass is 10.2. The van der Waals surface area contributed by atoms with Gasteiger partial charge in [0.05, 0.1) is 17.4 Å². The molecule has 3 heterocycles. The van der Waals surface area contributed by atoms with E-state index in [1.54, 1.807) is 6.92 Å². The van der Waals surface area contributed by atoms with Crippen molar-refractivity contribution < 1.29 is 9.59 Å². The van der Waals surface area contributed by atoms with E-state index in [0.717, 1.165) is 42.3 Å². The molecule has 2 amide bonds. The fourth-order valence-electron chi connectivity index (χ4n) is 3.25. The van der Waals surface area contributed by atoms with Crippen LogP contribution in [-0.4, -0.2) is 66.0 Å². The van der Waals surface area contributed by atoms with Crippen molar-refractivity contribution in [1.82, 2.24) is 29.0 Å². The van der Waals surface area contributed by atoms with Crippen molar-refractivity contribution in [2.75, 3.05) is 13.1 Å². The van der Waals surface area contributed by atoms with Crippen LogP contribution in [0.3, 0.4) is 0 Å². The Morgan fingerprint density at radius 2 is 1.64 bits per heavy atom. The van der Waals surface area contributed by atoms with Gasteiger partial charge in [0.1, 0.15) is 9.75 Å². The van der Waals surface area contributed by atoms with Crippen LogP contribution in [0.1, 0.15) is 50.0 Å². The summed E-state index contributed by atoms with van der Waals surface area (Å²) in [6.45, 7) is 4.82. The van der Waals surface area contributed by atoms with Crippen LogP contribution in [0.2, 0.25) is 0 Å². The maximum atomic E-state index is 13.0. The van der Waals surface area contributed by atoms with Gasteiger partial charge in [-0.25, -0.2) is 0 Å². The Morgan fingerprint density at radius 1 is 1.00 bits per heavy atom. The summed E-state index contributed by atoms with van der Waals surface area (Å²) in [6, 6.07) is 0.326. The molecule has 0 radical (unpaired) electrons. The predicted octanol–water partition coefficient (Wildman–Crippen LogP) is 1.53. The summed E-state index contributed by atoms with van der Waals surface area (Å²) in [4.78, 5) is 30.6. The molecule has 2 fully saturated rings. The molecule has 0 N–H and O–H groups in total. The molecule has 4 rings (SSSR count). The SMILES string of the molecule is Cc1nnsc1C(=O)N1CCC(N(C(=O)c2snnc2C)C2CC2)C1. The van der Waals surface area contributed by atoms with Gasteiger partial charge >= 0.3 is 0 Å². The minimum atomic E-state index is -0.0335. The van der Waals surface area contributed by atoms with Crippen molar-refractivity contribution in [3.05, 3.63) is 21.1 Å². The number of nitrogens with zero attached hydrogens (tertiary/aromatic N) is 6. The van der Waals surface area contributed by atoms with Gasteiger partial charge in [0.25, 0.3) is 11.8 Å². The minimum Gasteiger partial charge on any atom is -0.336 e. The van der Waals surface area contributed by atoms with E-state index in [1.807, 2.05) is 16.7 Å². The van der Waals surface area contributed by atoms with Crippen LogP contribution in [-0.2, 0) is 0 Å². The average molecular weight is 378 g/mol. The molecular formula is C15H18N6O2S2. The van der Waals surface area contributed by atoms with Gasteiger partial charge in [-0.3, -0.25) is 9.59 Å². The number of rotatable bonds is 4. The van der Waals surface area contributed by atoms with Crippen molar-refractivity contribution in [2.45, 2.75) is 45.2 Å². The molecule has 1 saturated carbocycles. The smallest absolute Gasteiger partial charge is 0.268 e. The largest absolute Gasteiger partial charge is 0.336 e. The third kappa shape index (κ3) is 3.04. The molecule has 1 unspecified atom stereocenters. The van der Waals surface area contributed by atoms with Gasteiger partial charge in [-0.2, -0.15) is 0 Å². The van der Waals surface area contributed by atoms with Gasteiger partial charge in [-0.1, -0.05) is 8.98 Å². The molecule has 0 spiro atoms. The molecule has 8 nitrogen and oxygen atoms in total. The zero-order chi connectivity index (χ0) is 17.6. The molecule has 1 atom stereocenters. The second-order valence-electron chi connectivity index (χ2n) is 6.51. The summed E-state index contributed by atoms with van der Waals surface area (Å²) in [7, 11) is 0. The first kappa shape index (κ1) is 16.5. The third-order valence-electron chi connectivity index (χ3n) is 4.71. The fraction of sp³-hybridized carbons (Fsp3) is 0.600. The summed E-state index contributed by atoms with van der Waals surface area (Å²) in [5.74, 6) is -0.0289. The van der Waals surface area contributed by atoms with Gasteiger partial charge in [-0.05, 0) is 56.2 Å². The maximum absolute atomic E-state index is 13.0. The Balaban J connectivity index is 1.51. The molecule has 1 aliphatic heterocycles. The molecule has 0 bridgehead atoms. The Bertz CT molecular complexity index is 815. The van der Waals surface area contributed by atoms with E-state index in [-0.39, 0.29) is 23.9 Å². The Kier molecular flexibility index (Phi) is 4.24. The van der Waals surface area contributed by atoms with E-state index in [2.05, 4.69) is 19.2 Å². The van der Waals surface area contributed by atoms with Gasteiger partial charge in [0.15, 0.2) is 0 Å².